The third kappa shape index (κ3) is 3.69. The van der Waals surface area contributed by atoms with Gasteiger partial charge in [0.15, 0.2) is 12.3 Å². The van der Waals surface area contributed by atoms with Crippen molar-refractivity contribution in [2.45, 2.75) is 25.6 Å². The lowest BCUT2D eigenvalue weighted by Crippen LogP contribution is -2.31. The number of fused-ring (bicyclic) bond motifs is 1. The quantitative estimate of drug-likeness (QED) is 0.460. The number of rotatable bonds is 6. The van der Waals surface area contributed by atoms with E-state index in [0.717, 1.165) is 15.2 Å². The fraction of sp³-hybridized carbons (Fsp3) is 0.400. The molecule has 1 aliphatic rings. The van der Waals surface area contributed by atoms with Crippen molar-refractivity contribution < 1.29 is 19.7 Å². The van der Waals surface area contributed by atoms with Crippen LogP contribution in [-0.4, -0.2) is 46.2 Å². The standard InChI is InChI=1S/C15H17N3O4S2/c1-3-12(16-2)21-22-15(20)10-7-23-13(18-10)14-17-9-5-4-8(19)6-11(9)24-14/h4-6,10,12,16,19H,3,7H2,1-2H3/t10-,12?/m1/s1. The minimum absolute atomic E-state index is 0.201. The fourth-order valence-corrected chi connectivity index (χ4v) is 4.19. The van der Waals surface area contributed by atoms with Crippen molar-refractivity contribution in [3.8, 4) is 5.75 Å². The average Bonchev–Trinajstić information content (AvgIpc) is 3.21. The minimum atomic E-state index is -0.597. The molecule has 0 amide bonds. The fourth-order valence-electron chi connectivity index (χ4n) is 2.10. The predicted molar refractivity (Wildman–Crippen MR) is 94.4 cm³/mol. The van der Waals surface area contributed by atoms with Crippen molar-refractivity contribution in [3.63, 3.8) is 0 Å². The molecular formula is C15H17N3O4S2. The average molecular weight is 367 g/mol. The first-order valence-electron chi connectivity index (χ1n) is 7.45. The van der Waals surface area contributed by atoms with E-state index in [1.54, 1.807) is 25.2 Å². The maximum atomic E-state index is 12.0. The Bertz CT molecular complexity index is 773. The molecule has 3 rings (SSSR count). The first-order valence-corrected chi connectivity index (χ1v) is 9.26. The number of aromatic hydroxyl groups is 1. The number of carbonyl (C=O) groups is 1. The molecule has 0 saturated carbocycles. The number of hydrogen-bond acceptors (Lipinski definition) is 9. The molecule has 2 atom stereocenters. The van der Waals surface area contributed by atoms with Gasteiger partial charge < -0.3 is 5.11 Å². The molecule has 2 N–H and O–H groups in total. The molecule has 0 fully saturated rings. The predicted octanol–water partition coefficient (Wildman–Crippen LogP) is 2.29. The van der Waals surface area contributed by atoms with Crippen LogP contribution in [0.25, 0.3) is 10.2 Å². The number of carbonyl (C=O) groups excluding carboxylic acids is 1. The highest BCUT2D eigenvalue weighted by Gasteiger charge is 2.29. The van der Waals surface area contributed by atoms with Crippen molar-refractivity contribution in [2.24, 2.45) is 4.99 Å². The normalized spacial score (nSPS) is 18.6. The van der Waals surface area contributed by atoms with Crippen LogP contribution in [0.1, 0.15) is 18.4 Å². The summed E-state index contributed by atoms with van der Waals surface area (Å²) in [5, 5.41) is 13.9. The highest BCUT2D eigenvalue weighted by atomic mass is 32.2. The lowest BCUT2D eigenvalue weighted by atomic mass is 10.3. The molecule has 24 heavy (non-hydrogen) atoms. The van der Waals surface area contributed by atoms with Gasteiger partial charge >= 0.3 is 5.97 Å². The second kappa shape index (κ2) is 7.47. The number of hydrogen-bond donors (Lipinski definition) is 2. The van der Waals surface area contributed by atoms with Gasteiger partial charge in [0.05, 0.1) is 10.2 Å². The van der Waals surface area contributed by atoms with Crippen molar-refractivity contribution >= 4 is 44.3 Å². The summed E-state index contributed by atoms with van der Waals surface area (Å²) in [6, 6.07) is 4.42. The van der Waals surface area contributed by atoms with E-state index >= 15 is 0 Å². The second-order valence-electron chi connectivity index (χ2n) is 5.12. The van der Waals surface area contributed by atoms with Gasteiger partial charge in [-0.25, -0.2) is 9.78 Å². The van der Waals surface area contributed by atoms with Crippen LogP contribution in [0.15, 0.2) is 23.2 Å². The Morgan fingerprint density at radius 2 is 2.38 bits per heavy atom. The molecule has 0 bridgehead atoms. The summed E-state index contributed by atoms with van der Waals surface area (Å²) >= 11 is 2.89. The molecule has 1 aromatic carbocycles. The van der Waals surface area contributed by atoms with Crippen LogP contribution in [0.3, 0.4) is 0 Å². The van der Waals surface area contributed by atoms with Gasteiger partial charge in [0, 0.05) is 5.75 Å². The Kier molecular flexibility index (Phi) is 5.34. The number of aliphatic imine (C=N–C) groups is 1. The highest BCUT2D eigenvalue weighted by Crippen LogP contribution is 2.31. The van der Waals surface area contributed by atoms with Crippen molar-refractivity contribution in [1.29, 1.82) is 0 Å². The Morgan fingerprint density at radius 1 is 1.54 bits per heavy atom. The topological polar surface area (TPSA) is 93.0 Å². The summed E-state index contributed by atoms with van der Waals surface area (Å²) in [4.78, 5) is 30.8. The number of phenolic OH excluding ortho intramolecular Hbond substituents is 1. The third-order valence-corrected chi connectivity index (χ3v) is 5.63. The number of thioether (sulfide) groups is 1. The Labute approximate surface area is 147 Å². The zero-order valence-electron chi connectivity index (χ0n) is 13.2. The van der Waals surface area contributed by atoms with Crippen molar-refractivity contribution in [2.75, 3.05) is 12.8 Å². The van der Waals surface area contributed by atoms with E-state index in [1.807, 2.05) is 6.92 Å². The SMILES string of the molecule is CCC(NC)OOC(=O)[C@H]1CSC(c2nc3ccc(O)cc3s2)=N1. The first kappa shape index (κ1) is 17.2. The number of aromatic nitrogens is 1. The largest absolute Gasteiger partial charge is 0.508 e. The molecule has 0 spiro atoms. The Hall–Kier alpha value is -1.68. The zero-order valence-corrected chi connectivity index (χ0v) is 14.8. The van der Waals surface area contributed by atoms with Gasteiger partial charge in [-0.05, 0) is 31.7 Å². The monoisotopic (exact) mass is 367 g/mol. The summed E-state index contributed by atoms with van der Waals surface area (Å²) in [7, 11) is 1.73. The number of benzene rings is 1. The highest BCUT2D eigenvalue weighted by molar-refractivity contribution is 8.15. The molecule has 1 aliphatic heterocycles. The molecule has 0 aliphatic carbocycles. The summed E-state index contributed by atoms with van der Waals surface area (Å²) in [6.07, 6.45) is 0.347. The first-order chi connectivity index (χ1) is 11.6. The van der Waals surface area contributed by atoms with Crippen LogP contribution in [-0.2, 0) is 14.6 Å². The van der Waals surface area contributed by atoms with Crippen LogP contribution in [0, 0.1) is 0 Å². The van der Waals surface area contributed by atoms with Gasteiger partial charge in [0.1, 0.15) is 15.8 Å². The third-order valence-electron chi connectivity index (χ3n) is 3.42. The van der Waals surface area contributed by atoms with Crippen LogP contribution in [0.5, 0.6) is 5.75 Å². The smallest absolute Gasteiger partial charge is 0.367 e. The van der Waals surface area contributed by atoms with Gasteiger partial charge in [-0.3, -0.25) is 15.2 Å². The van der Waals surface area contributed by atoms with E-state index in [1.165, 1.54) is 23.1 Å². The number of nitrogens with zero attached hydrogens (tertiary/aromatic N) is 2. The van der Waals surface area contributed by atoms with E-state index in [4.69, 9.17) is 9.78 Å². The van der Waals surface area contributed by atoms with Crippen LogP contribution in [0.2, 0.25) is 0 Å². The van der Waals surface area contributed by atoms with Gasteiger partial charge in [-0.2, -0.15) is 4.89 Å². The maximum Gasteiger partial charge on any atom is 0.367 e. The summed E-state index contributed by atoms with van der Waals surface area (Å²) in [5.74, 6) is 0.187. The molecule has 2 aromatic rings. The Morgan fingerprint density at radius 3 is 3.12 bits per heavy atom. The van der Waals surface area contributed by atoms with Crippen LogP contribution < -0.4 is 5.32 Å². The zero-order chi connectivity index (χ0) is 17.1. The van der Waals surface area contributed by atoms with Gasteiger partial charge in [0.2, 0.25) is 0 Å². The lowest BCUT2D eigenvalue weighted by Gasteiger charge is -2.13. The van der Waals surface area contributed by atoms with E-state index < -0.39 is 12.0 Å². The van der Waals surface area contributed by atoms with Gasteiger partial charge in [-0.1, -0.05) is 6.92 Å². The summed E-state index contributed by atoms with van der Waals surface area (Å²) in [6.45, 7) is 1.92. The molecule has 2 heterocycles. The molecule has 128 valence electrons. The molecule has 1 aromatic heterocycles. The number of phenols is 1. The van der Waals surface area contributed by atoms with Crippen LogP contribution in [0.4, 0.5) is 0 Å². The van der Waals surface area contributed by atoms with E-state index in [0.29, 0.717) is 17.2 Å². The Balaban J connectivity index is 1.69. The van der Waals surface area contributed by atoms with E-state index in [2.05, 4.69) is 15.3 Å². The summed E-state index contributed by atoms with van der Waals surface area (Å²) < 4.78 is 0.877. The van der Waals surface area contributed by atoms with Gasteiger partial charge in [0.25, 0.3) is 0 Å². The van der Waals surface area contributed by atoms with Crippen molar-refractivity contribution in [3.05, 3.63) is 23.2 Å². The molecule has 9 heteroatoms. The van der Waals surface area contributed by atoms with Crippen molar-refractivity contribution in [1.82, 2.24) is 10.3 Å². The number of nitrogens with one attached hydrogen (secondary N) is 1. The molecular weight excluding hydrogens is 350 g/mol. The molecule has 0 saturated heterocycles. The molecule has 0 radical (unpaired) electrons. The molecule has 7 nitrogen and oxygen atoms in total. The summed E-state index contributed by atoms with van der Waals surface area (Å²) in [5.41, 5.74) is 0.797. The van der Waals surface area contributed by atoms with Crippen LogP contribution >= 0.6 is 23.1 Å². The molecule has 1 unspecified atom stereocenters. The second-order valence-corrected chi connectivity index (χ2v) is 7.16. The lowest BCUT2D eigenvalue weighted by molar-refractivity contribution is -0.303. The minimum Gasteiger partial charge on any atom is -0.508 e. The van der Waals surface area contributed by atoms with Gasteiger partial charge in [-0.15, -0.1) is 23.1 Å². The number of thiazole rings is 1. The van der Waals surface area contributed by atoms with E-state index in [9.17, 15) is 9.90 Å². The maximum absolute atomic E-state index is 12.0. The van der Waals surface area contributed by atoms with E-state index in [-0.39, 0.29) is 12.0 Å².